The van der Waals surface area contributed by atoms with Crippen LogP contribution >= 0.6 is 11.8 Å². The number of ether oxygens (including phenoxy) is 1. The summed E-state index contributed by atoms with van der Waals surface area (Å²) in [6, 6.07) is 0. The van der Waals surface area contributed by atoms with Crippen molar-refractivity contribution in [2.24, 2.45) is 0 Å². The van der Waals surface area contributed by atoms with Crippen molar-refractivity contribution in [2.75, 3.05) is 12.4 Å². The van der Waals surface area contributed by atoms with Gasteiger partial charge < -0.3 is 9.84 Å². The molecule has 0 bridgehead atoms. The van der Waals surface area contributed by atoms with Crippen molar-refractivity contribution in [3.63, 3.8) is 0 Å². The summed E-state index contributed by atoms with van der Waals surface area (Å²) in [6.45, 7) is 2.55. The van der Waals surface area contributed by atoms with Crippen LogP contribution in [0.15, 0.2) is 0 Å². The maximum atomic E-state index is 10.4. The molecule has 2 atom stereocenters. The van der Waals surface area contributed by atoms with E-state index in [0.717, 1.165) is 25.2 Å². The zero-order valence-corrected chi connectivity index (χ0v) is 7.97. The fourth-order valence-electron chi connectivity index (χ4n) is 1.10. The third kappa shape index (κ3) is 3.03. The molecule has 1 N–H and O–H groups in total. The van der Waals surface area contributed by atoms with E-state index >= 15 is 0 Å². The van der Waals surface area contributed by atoms with Gasteiger partial charge in [-0.05, 0) is 19.8 Å². The Morgan fingerprint density at radius 1 is 1.83 bits per heavy atom. The Bertz CT molecular complexity index is 154. The first kappa shape index (κ1) is 9.86. The van der Waals surface area contributed by atoms with Crippen LogP contribution in [0.25, 0.3) is 0 Å². The molecule has 0 radical (unpaired) electrons. The first-order valence-corrected chi connectivity index (χ1v) is 5.21. The highest BCUT2D eigenvalue weighted by Gasteiger charge is 2.18. The summed E-state index contributed by atoms with van der Waals surface area (Å²) < 4.78 is 5.37. The van der Waals surface area contributed by atoms with Gasteiger partial charge in [0.1, 0.15) is 0 Å². The second kappa shape index (κ2) is 4.72. The summed E-state index contributed by atoms with van der Waals surface area (Å²) in [5, 5.41) is 8.28. The molecule has 4 heteroatoms. The molecule has 1 rings (SSSR count). The summed E-state index contributed by atoms with van der Waals surface area (Å²) in [7, 11) is 0. The van der Waals surface area contributed by atoms with Gasteiger partial charge in [0.25, 0.3) is 0 Å². The molecular formula is C8H14O3S. The molecule has 0 aliphatic carbocycles. The minimum absolute atomic E-state index is 0.289. The van der Waals surface area contributed by atoms with Crippen LogP contribution < -0.4 is 0 Å². The van der Waals surface area contributed by atoms with Gasteiger partial charge >= 0.3 is 5.97 Å². The highest BCUT2D eigenvalue weighted by atomic mass is 32.2. The zero-order chi connectivity index (χ0) is 8.97. The summed E-state index contributed by atoms with van der Waals surface area (Å²) >= 11 is 1.46. The van der Waals surface area contributed by atoms with Gasteiger partial charge in [0.15, 0.2) is 0 Å². The van der Waals surface area contributed by atoms with E-state index in [1.54, 1.807) is 6.92 Å². The largest absolute Gasteiger partial charge is 0.480 e. The van der Waals surface area contributed by atoms with Crippen molar-refractivity contribution in [2.45, 2.75) is 31.1 Å². The Balaban J connectivity index is 2.11. The van der Waals surface area contributed by atoms with Gasteiger partial charge in [0.2, 0.25) is 0 Å². The fraction of sp³-hybridized carbons (Fsp3) is 0.875. The molecule has 0 spiro atoms. The summed E-state index contributed by atoms with van der Waals surface area (Å²) in [4.78, 5) is 10.4. The topological polar surface area (TPSA) is 46.5 Å². The summed E-state index contributed by atoms with van der Waals surface area (Å²) in [5.74, 6) is 0.0750. The molecule has 1 fully saturated rings. The third-order valence-corrected chi connectivity index (χ3v) is 3.17. The van der Waals surface area contributed by atoms with Crippen LogP contribution in [0.2, 0.25) is 0 Å². The highest BCUT2D eigenvalue weighted by molar-refractivity contribution is 8.00. The fourth-order valence-corrected chi connectivity index (χ4v) is 2.01. The Labute approximate surface area is 76.5 Å². The van der Waals surface area contributed by atoms with E-state index < -0.39 is 5.97 Å². The van der Waals surface area contributed by atoms with Gasteiger partial charge in [-0.2, -0.15) is 0 Å². The number of hydrogen-bond acceptors (Lipinski definition) is 3. The van der Waals surface area contributed by atoms with E-state index in [2.05, 4.69) is 0 Å². The smallest absolute Gasteiger partial charge is 0.316 e. The molecule has 0 aromatic rings. The predicted molar refractivity (Wildman–Crippen MR) is 48.5 cm³/mol. The van der Waals surface area contributed by atoms with E-state index in [-0.39, 0.29) is 11.4 Å². The van der Waals surface area contributed by atoms with Gasteiger partial charge in [-0.15, -0.1) is 11.8 Å². The van der Waals surface area contributed by atoms with Crippen molar-refractivity contribution in [1.82, 2.24) is 0 Å². The number of carbonyl (C=O) groups is 1. The second-order valence-electron chi connectivity index (χ2n) is 2.95. The maximum Gasteiger partial charge on any atom is 0.316 e. The van der Waals surface area contributed by atoms with Crippen LogP contribution in [-0.4, -0.2) is 34.8 Å². The molecule has 0 aromatic heterocycles. The lowest BCUT2D eigenvalue weighted by Gasteiger charge is -2.10. The second-order valence-corrected chi connectivity index (χ2v) is 4.32. The molecule has 0 aromatic carbocycles. The van der Waals surface area contributed by atoms with Gasteiger partial charge in [-0.1, -0.05) is 0 Å². The SMILES string of the molecule is C[C@@H](SC[C@H]1CCCO1)C(=O)O. The van der Waals surface area contributed by atoms with Gasteiger partial charge in [0, 0.05) is 12.4 Å². The molecule has 0 saturated carbocycles. The maximum absolute atomic E-state index is 10.4. The van der Waals surface area contributed by atoms with Crippen LogP contribution in [0, 0.1) is 0 Å². The van der Waals surface area contributed by atoms with Crippen molar-refractivity contribution in [1.29, 1.82) is 0 Å². The molecular weight excluding hydrogens is 176 g/mol. The highest BCUT2D eigenvalue weighted by Crippen LogP contribution is 2.20. The first-order chi connectivity index (χ1) is 5.70. The van der Waals surface area contributed by atoms with Gasteiger partial charge in [-0.25, -0.2) is 0 Å². The predicted octanol–water partition coefficient (Wildman–Crippen LogP) is 1.37. The Kier molecular flexibility index (Phi) is 3.88. The van der Waals surface area contributed by atoms with E-state index in [1.807, 2.05) is 0 Å². The van der Waals surface area contributed by atoms with Crippen LogP contribution in [0.3, 0.4) is 0 Å². The van der Waals surface area contributed by atoms with E-state index in [1.165, 1.54) is 11.8 Å². The molecule has 0 amide bonds. The van der Waals surface area contributed by atoms with Crippen LogP contribution in [0.1, 0.15) is 19.8 Å². The number of carboxylic acid groups (broad SMARTS) is 1. The standard InChI is InChI=1S/C8H14O3S/c1-6(8(9)10)12-5-7-3-2-4-11-7/h6-7H,2-5H2,1H3,(H,9,10)/t6-,7-/m1/s1. The lowest BCUT2D eigenvalue weighted by molar-refractivity contribution is -0.136. The van der Waals surface area contributed by atoms with Gasteiger partial charge in [-0.3, -0.25) is 4.79 Å². The van der Waals surface area contributed by atoms with Crippen LogP contribution in [-0.2, 0) is 9.53 Å². The van der Waals surface area contributed by atoms with Crippen molar-refractivity contribution >= 4 is 17.7 Å². The van der Waals surface area contributed by atoms with Crippen molar-refractivity contribution in [3.8, 4) is 0 Å². The monoisotopic (exact) mass is 190 g/mol. The number of thioether (sulfide) groups is 1. The lowest BCUT2D eigenvalue weighted by Crippen LogP contribution is -2.16. The molecule has 70 valence electrons. The molecule has 3 nitrogen and oxygen atoms in total. The average Bonchev–Trinajstić information content (AvgIpc) is 2.51. The molecule has 1 aliphatic rings. The van der Waals surface area contributed by atoms with Gasteiger partial charge in [0.05, 0.1) is 11.4 Å². The zero-order valence-electron chi connectivity index (χ0n) is 7.16. The van der Waals surface area contributed by atoms with Crippen molar-refractivity contribution < 1.29 is 14.6 Å². The average molecular weight is 190 g/mol. The third-order valence-electron chi connectivity index (χ3n) is 1.90. The number of carboxylic acids is 1. The number of aliphatic carboxylic acids is 1. The minimum Gasteiger partial charge on any atom is -0.480 e. The minimum atomic E-state index is -0.738. The van der Waals surface area contributed by atoms with Crippen molar-refractivity contribution in [3.05, 3.63) is 0 Å². The Morgan fingerprint density at radius 2 is 2.58 bits per heavy atom. The quantitative estimate of drug-likeness (QED) is 0.727. The number of hydrogen-bond donors (Lipinski definition) is 1. The molecule has 12 heavy (non-hydrogen) atoms. The molecule has 1 aliphatic heterocycles. The Hall–Kier alpha value is -0.220. The van der Waals surface area contributed by atoms with E-state index in [9.17, 15) is 4.79 Å². The molecule has 0 unspecified atom stereocenters. The van der Waals surface area contributed by atoms with E-state index in [0.29, 0.717) is 0 Å². The lowest BCUT2D eigenvalue weighted by atomic mass is 10.3. The first-order valence-electron chi connectivity index (χ1n) is 4.16. The summed E-state index contributed by atoms with van der Waals surface area (Å²) in [6.07, 6.45) is 2.49. The number of rotatable bonds is 4. The Morgan fingerprint density at radius 3 is 3.08 bits per heavy atom. The van der Waals surface area contributed by atoms with E-state index in [4.69, 9.17) is 9.84 Å². The van der Waals surface area contributed by atoms with Crippen LogP contribution in [0.4, 0.5) is 0 Å². The summed E-state index contributed by atoms with van der Waals surface area (Å²) in [5.41, 5.74) is 0. The molecule has 1 heterocycles. The van der Waals surface area contributed by atoms with Crippen LogP contribution in [0.5, 0.6) is 0 Å². The molecule has 1 saturated heterocycles. The normalized spacial score (nSPS) is 25.6.